The second kappa shape index (κ2) is 6.33. The highest BCUT2D eigenvalue weighted by Crippen LogP contribution is 2.08. The van der Waals surface area contributed by atoms with Crippen molar-refractivity contribution in [1.29, 1.82) is 0 Å². The first kappa shape index (κ1) is 15.6. The van der Waals surface area contributed by atoms with E-state index >= 15 is 0 Å². The Bertz CT molecular complexity index is 464. The van der Waals surface area contributed by atoms with Gasteiger partial charge >= 0.3 is 5.97 Å². The Morgan fingerprint density at radius 1 is 1.29 bits per heavy atom. The van der Waals surface area contributed by atoms with Crippen molar-refractivity contribution in [3.05, 3.63) is 29.8 Å². The van der Waals surface area contributed by atoms with Gasteiger partial charge in [0.2, 0.25) is 0 Å². The van der Waals surface area contributed by atoms with Crippen LogP contribution < -0.4 is 5.73 Å². The Morgan fingerprint density at radius 3 is 1.88 bits per heavy atom. The van der Waals surface area contributed by atoms with Crippen LogP contribution in [0.25, 0.3) is 0 Å². The molecule has 0 aliphatic heterocycles. The Kier molecular flexibility index (Phi) is 5.80. The molecule has 1 atom stereocenters. The van der Waals surface area contributed by atoms with Gasteiger partial charge in [0.1, 0.15) is 6.04 Å². The van der Waals surface area contributed by atoms with Gasteiger partial charge in [-0.15, -0.1) is 0 Å². The lowest BCUT2D eigenvalue weighted by molar-refractivity contribution is -0.138. The summed E-state index contributed by atoms with van der Waals surface area (Å²) in [7, 11) is -4.02. The average Bonchev–Trinajstić information content (AvgIpc) is 2.17. The lowest BCUT2D eigenvalue weighted by Crippen LogP contribution is -2.25. The zero-order valence-corrected chi connectivity index (χ0v) is 10.3. The van der Waals surface area contributed by atoms with E-state index in [0.717, 1.165) is 5.56 Å². The molecule has 4 N–H and O–H groups in total. The van der Waals surface area contributed by atoms with E-state index in [2.05, 4.69) is 0 Å². The van der Waals surface area contributed by atoms with E-state index in [-0.39, 0.29) is 4.90 Å². The highest BCUT2D eigenvalue weighted by atomic mass is 32.2. The molecule has 1 rings (SSSR count). The van der Waals surface area contributed by atoms with Crippen molar-refractivity contribution in [1.82, 2.24) is 0 Å². The molecule has 7 heteroatoms. The molecule has 0 unspecified atom stereocenters. The maximum Gasteiger partial charge on any atom is 0.320 e. The fourth-order valence-corrected chi connectivity index (χ4v) is 1.19. The van der Waals surface area contributed by atoms with Crippen molar-refractivity contribution in [2.75, 3.05) is 0 Å². The fraction of sp³-hybridized carbons (Fsp3) is 0.300. The molecule has 0 amide bonds. The molecule has 0 aliphatic carbocycles. The first-order valence-electron chi connectivity index (χ1n) is 4.67. The van der Waals surface area contributed by atoms with Gasteiger partial charge < -0.3 is 10.8 Å². The molecule has 0 fully saturated rings. The predicted molar refractivity (Wildman–Crippen MR) is 62.3 cm³/mol. The Balaban J connectivity index is 0.000000366. The first-order valence-corrected chi connectivity index (χ1v) is 6.11. The zero-order valence-electron chi connectivity index (χ0n) is 9.49. The molecule has 0 saturated heterocycles. The Morgan fingerprint density at radius 2 is 1.65 bits per heavy atom. The van der Waals surface area contributed by atoms with Gasteiger partial charge in [0.25, 0.3) is 10.1 Å². The lowest BCUT2D eigenvalue weighted by atomic mass is 10.2. The van der Waals surface area contributed by atoms with Gasteiger partial charge in [0, 0.05) is 0 Å². The molecule has 6 nitrogen and oxygen atoms in total. The summed E-state index contributed by atoms with van der Waals surface area (Å²) < 4.78 is 29.6. The summed E-state index contributed by atoms with van der Waals surface area (Å²) in [4.78, 5) is 9.51. The summed E-state index contributed by atoms with van der Waals surface area (Å²) in [5.74, 6) is -0.963. The predicted octanol–water partition coefficient (Wildman–Crippen LogP) is 0.660. The van der Waals surface area contributed by atoms with E-state index < -0.39 is 22.1 Å². The molecule has 1 aromatic rings. The minimum Gasteiger partial charge on any atom is -0.480 e. The second-order valence-electron chi connectivity index (χ2n) is 3.42. The number of rotatable bonds is 2. The summed E-state index contributed by atoms with van der Waals surface area (Å²) in [5.41, 5.74) is 5.79. The van der Waals surface area contributed by atoms with Crippen LogP contribution in [0.3, 0.4) is 0 Å². The molecule has 0 aliphatic rings. The van der Waals surface area contributed by atoms with E-state index in [1.54, 1.807) is 12.1 Å². The standard InChI is InChI=1S/C7H8O3S.C3H7NO2/c1-6-2-4-7(5-3-6)11(8,9)10;1-2(4)3(5)6/h2-5H,1H3,(H,8,9,10);2H,4H2,1H3,(H,5,6)/t;2-/m.0/s1. The third-order valence-corrected chi connectivity index (χ3v) is 2.58. The minimum atomic E-state index is -4.02. The molecule has 1 aromatic carbocycles. The van der Waals surface area contributed by atoms with Gasteiger partial charge in [0.15, 0.2) is 0 Å². The average molecular weight is 261 g/mol. The number of benzene rings is 1. The van der Waals surface area contributed by atoms with Crippen molar-refractivity contribution in [3.63, 3.8) is 0 Å². The molecule has 0 saturated carbocycles. The highest BCUT2D eigenvalue weighted by molar-refractivity contribution is 7.85. The number of hydrogen-bond donors (Lipinski definition) is 3. The number of carboxylic acids is 1. The molecular formula is C10H15NO5S. The lowest BCUT2D eigenvalue weighted by Gasteiger charge is -1.95. The summed E-state index contributed by atoms with van der Waals surface area (Å²) in [6.07, 6.45) is 0. The van der Waals surface area contributed by atoms with Crippen LogP contribution in [0.5, 0.6) is 0 Å². The molecule has 0 spiro atoms. The molecule has 0 aromatic heterocycles. The number of aliphatic carboxylic acids is 1. The Labute approximate surface area is 99.8 Å². The minimum absolute atomic E-state index is 0.0666. The van der Waals surface area contributed by atoms with Crippen LogP contribution in [0.15, 0.2) is 29.2 Å². The first-order chi connectivity index (χ1) is 7.64. The number of carbonyl (C=O) groups is 1. The van der Waals surface area contributed by atoms with Crippen LogP contribution in [0.4, 0.5) is 0 Å². The van der Waals surface area contributed by atoms with Crippen molar-refractivity contribution < 1.29 is 22.9 Å². The normalized spacial score (nSPS) is 12.2. The highest BCUT2D eigenvalue weighted by Gasteiger charge is 2.06. The van der Waals surface area contributed by atoms with Crippen LogP contribution in [-0.4, -0.2) is 30.1 Å². The van der Waals surface area contributed by atoms with Crippen LogP contribution in [-0.2, 0) is 14.9 Å². The third-order valence-electron chi connectivity index (χ3n) is 1.71. The van der Waals surface area contributed by atoms with Crippen LogP contribution >= 0.6 is 0 Å². The van der Waals surface area contributed by atoms with Gasteiger partial charge in [-0.2, -0.15) is 8.42 Å². The molecule has 17 heavy (non-hydrogen) atoms. The summed E-state index contributed by atoms with van der Waals surface area (Å²) in [6, 6.07) is 5.26. The maximum atomic E-state index is 10.5. The maximum absolute atomic E-state index is 10.5. The number of aryl methyl sites for hydroxylation is 1. The quantitative estimate of drug-likeness (QED) is 0.673. The second-order valence-corrected chi connectivity index (χ2v) is 4.84. The van der Waals surface area contributed by atoms with Crippen molar-refractivity contribution in [2.45, 2.75) is 24.8 Å². The summed E-state index contributed by atoms with van der Waals surface area (Å²) >= 11 is 0. The van der Waals surface area contributed by atoms with Crippen molar-refractivity contribution in [2.24, 2.45) is 5.73 Å². The summed E-state index contributed by atoms with van der Waals surface area (Å²) in [6.45, 7) is 3.26. The van der Waals surface area contributed by atoms with Gasteiger partial charge in [-0.1, -0.05) is 17.7 Å². The van der Waals surface area contributed by atoms with Gasteiger partial charge in [-0.05, 0) is 26.0 Å². The molecular weight excluding hydrogens is 246 g/mol. The molecule has 0 bridgehead atoms. The monoisotopic (exact) mass is 261 g/mol. The van der Waals surface area contributed by atoms with E-state index in [9.17, 15) is 13.2 Å². The van der Waals surface area contributed by atoms with Crippen molar-refractivity contribution >= 4 is 16.1 Å². The molecule has 0 radical (unpaired) electrons. The third kappa shape index (κ3) is 6.67. The van der Waals surface area contributed by atoms with E-state index in [4.69, 9.17) is 15.4 Å². The van der Waals surface area contributed by atoms with Crippen LogP contribution in [0.2, 0.25) is 0 Å². The van der Waals surface area contributed by atoms with Crippen molar-refractivity contribution in [3.8, 4) is 0 Å². The largest absolute Gasteiger partial charge is 0.480 e. The number of carboxylic acid groups (broad SMARTS) is 1. The Hall–Kier alpha value is -1.44. The summed E-state index contributed by atoms with van der Waals surface area (Å²) in [5, 5.41) is 7.87. The fourth-order valence-electron chi connectivity index (χ4n) is 0.710. The smallest absolute Gasteiger partial charge is 0.320 e. The van der Waals surface area contributed by atoms with Gasteiger partial charge in [0.05, 0.1) is 4.90 Å². The number of nitrogens with two attached hydrogens (primary N) is 1. The van der Waals surface area contributed by atoms with Crippen LogP contribution in [0.1, 0.15) is 12.5 Å². The van der Waals surface area contributed by atoms with E-state index in [1.165, 1.54) is 19.1 Å². The van der Waals surface area contributed by atoms with Gasteiger partial charge in [-0.25, -0.2) is 0 Å². The molecule has 0 heterocycles. The SMILES string of the molecule is C[C@H](N)C(=O)O.Cc1ccc(S(=O)(=O)O)cc1. The number of hydrogen-bond acceptors (Lipinski definition) is 4. The van der Waals surface area contributed by atoms with Gasteiger partial charge in [-0.3, -0.25) is 9.35 Å². The molecule has 96 valence electrons. The zero-order chi connectivity index (χ0) is 13.6. The topological polar surface area (TPSA) is 118 Å². The van der Waals surface area contributed by atoms with E-state index in [1.807, 2.05) is 6.92 Å². The van der Waals surface area contributed by atoms with E-state index in [0.29, 0.717) is 0 Å². The van der Waals surface area contributed by atoms with Crippen LogP contribution in [0, 0.1) is 6.92 Å².